The Balaban J connectivity index is 1.83. The molecule has 2 unspecified atom stereocenters. The van der Waals surface area contributed by atoms with Gasteiger partial charge >= 0.3 is 6.03 Å². The van der Waals surface area contributed by atoms with Crippen LogP contribution in [-0.2, 0) is 0 Å². The third-order valence-corrected chi connectivity index (χ3v) is 4.86. The van der Waals surface area contributed by atoms with Crippen LogP contribution in [0, 0.1) is 0 Å². The highest BCUT2D eigenvalue weighted by Gasteiger charge is 2.45. The number of hydrogen-bond acceptors (Lipinski definition) is 2. The number of carbonyl (C=O) groups is 1. The number of nitrogens with zero attached hydrogens (tertiary/aromatic N) is 1. The van der Waals surface area contributed by atoms with E-state index in [4.69, 9.17) is 0 Å². The molecule has 1 aliphatic heterocycles. The fraction of sp³-hybridized carbons (Fsp3) is 0.562. The number of benzene rings is 1. The lowest BCUT2D eigenvalue weighted by Crippen LogP contribution is -2.53. The second-order valence-electron chi connectivity index (χ2n) is 6.38. The van der Waals surface area contributed by atoms with E-state index in [1.807, 2.05) is 0 Å². The molecule has 0 radical (unpaired) electrons. The number of hydrogen-bond donors (Lipinski definition) is 2. The number of likely N-dealkylation sites (N-methyl/N-ethyl adjacent to an activating group) is 1. The Hall–Kier alpha value is -1.55. The first-order valence-corrected chi connectivity index (χ1v) is 7.37. The Morgan fingerprint density at radius 1 is 1.25 bits per heavy atom. The Kier molecular flexibility index (Phi) is 3.42. The molecule has 1 saturated carbocycles. The Morgan fingerprint density at radius 3 is 2.60 bits per heavy atom. The van der Waals surface area contributed by atoms with E-state index in [0.717, 1.165) is 25.8 Å². The zero-order valence-corrected chi connectivity index (χ0v) is 12.2. The van der Waals surface area contributed by atoms with Crippen molar-refractivity contribution in [3.63, 3.8) is 0 Å². The summed E-state index contributed by atoms with van der Waals surface area (Å²) in [5, 5.41) is 6.07. The summed E-state index contributed by atoms with van der Waals surface area (Å²) in [6.45, 7) is 0.762. The highest BCUT2D eigenvalue weighted by Crippen LogP contribution is 2.40. The third kappa shape index (κ3) is 2.40. The second kappa shape index (κ2) is 5.09. The maximum Gasteiger partial charge on any atom is 0.315 e. The molecule has 1 aromatic carbocycles. The van der Waals surface area contributed by atoms with E-state index in [0.29, 0.717) is 12.0 Å². The number of amides is 2. The van der Waals surface area contributed by atoms with Gasteiger partial charge in [0.1, 0.15) is 0 Å². The molecule has 3 rings (SSSR count). The summed E-state index contributed by atoms with van der Waals surface area (Å²) in [7, 11) is 4.29. The van der Waals surface area contributed by atoms with Crippen LogP contribution in [0.4, 0.5) is 4.79 Å². The lowest BCUT2D eigenvalue weighted by atomic mass is 9.71. The molecular weight excluding hydrogens is 250 g/mol. The third-order valence-electron chi connectivity index (χ3n) is 4.86. The zero-order valence-electron chi connectivity index (χ0n) is 12.2. The van der Waals surface area contributed by atoms with Gasteiger partial charge in [-0.05, 0) is 44.8 Å². The minimum Gasteiger partial charge on any atom is -0.336 e. The molecule has 1 aromatic rings. The standard InChI is InChI=1S/C16H23N3O/c1-19(2)14-10-16(11-17-15(20)18-16)9-8-13(14)12-6-4-3-5-7-12/h3-7,13-14H,8-11H2,1-2H3,(H2,17,18,20)/t13?,14?,16-/m0/s1. The molecule has 0 bridgehead atoms. The lowest BCUT2D eigenvalue weighted by Gasteiger charge is -2.45. The van der Waals surface area contributed by atoms with E-state index in [9.17, 15) is 4.79 Å². The Morgan fingerprint density at radius 2 is 2.00 bits per heavy atom. The summed E-state index contributed by atoms with van der Waals surface area (Å²) < 4.78 is 0. The van der Waals surface area contributed by atoms with Gasteiger partial charge in [-0.15, -0.1) is 0 Å². The molecule has 1 aliphatic carbocycles. The van der Waals surface area contributed by atoms with Crippen LogP contribution in [0.3, 0.4) is 0 Å². The van der Waals surface area contributed by atoms with Gasteiger partial charge in [-0.1, -0.05) is 30.3 Å². The molecule has 1 heterocycles. The highest BCUT2D eigenvalue weighted by atomic mass is 16.2. The van der Waals surface area contributed by atoms with Crippen molar-refractivity contribution in [1.82, 2.24) is 15.5 Å². The molecule has 108 valence electrons. The summed E-state index contributed by atoms with van der Waals surface area (Å²) >= 11 is 0. The number of rotatable bonds is 2. The van der Waals surface area contributed by atoms with Gasteiger partial charge in [0.15, 0.2) is 0 Å². The first-order valence-electron chi connectivity index (χ1n) is 7.37. The first-order chi connectivity index (χ1) is 9.60. The van der Waals surface area contributed by atoms with Crippen molar-refractivity contribution in [2.75, 3.05) is 20.6 Å². The van der Waals surface area contributed by atoms with Gasteiger partial charge in [-0.2, -0.15) is 0 Å². The second-order valence-corrected chi connectivity index (χ2v) is 6.38. The van der Waals surface area contributed by atoms with Crippen LogP contribution in [0.2, 0.25) is 0 Å². The van der Waals surface area contributed by atoms with Gasteiger partial charge in [0.05, 0.1) is 5.54 Å². The zero-order chi connectivity index (χ0) is 14.2. The smallest absolute Gasteiger partial charge is 0.315 e. The van der Waals surface area contributed by atoms with Crippen molar-refractivity contribution < 1.29 is 4.79 Å². The van der Waals surface area contributed by atoms with E-state index in [1.54, 1.807) is 0 Å². The Labute approximate surface area is 120 Å². The van der Waals surface area contributed by atoms with E-state index >= 15 is 0 Å². The average Bonchev–Trinajstić information content (AvgIpc) is 2.80. The van der Waals surface area contributed by atoms with Crippen molar-refractivity contribution in [1.29, 1.82) is 0 Å². The number of urea groups is 1. The van der Waals surface area contributed by atoms with E-state index in [-0.39, 0.29) is 11.6 Å². The van der Waals surface area contributed by atoms with Gasteiger partial charge in [-0.3, -0.25) is 0 Å². The van der Waals surface area contributed by atoms with Crippen LogP contribution in [0.5, 0.6) is 0 Å². The number of nitrogens with one attached hydrogen (secondary N) is 2. The van der Waals surface area contributed by atoms with Crippen LogP contribution in [-0.4, -0.2) is 43.2 Å². The molecule has 4 nitrogen and oxygen atoms in total. The monoisotopic (exact) mass is 273 g/mol. The average molecular weight is 273 g/mol. The summed E-state index contributed by atoms with van der Waals surface area (Å²) in [4.78, 5) is 13.8. The summed E-state index contributed by atoms with van der Waals surface area (Å²) in [5.41, 5.74) is 1.37. The molecular formula is C16H23N3O. The quantitative estimate of drug-likeness (QED) is 0.865. The van der Waals surface area contributed by atoms with Crippen molar-refractivity contribution in [2.24, 2.45) is 0 Å². The van der Waals surface area contributed by atoms with Gasteiger partial charge in [0.2, 0.25) is 0 Å². The minimum atomic E-state index is -0.0443. The van der Waals surface area contributed by atoms with Crippen LogP contribution < -0.4 is 10.6 Å². The predicted octanol–water partition coefficient (Wildman–Crippen LogP) is 1.94. The normalized spacial score (nSPS) is 33.2. The van der Waals surface area contributed by atoms with Crippen molar-refractivity contribution in [3.05, 3.63) is 35.9 Å². The molecule has 3 atom stereocenters. The van der Waals surface area contributed by atoms with Crippen LogP contribution in [0.1, 0.15) is 30.7 Å². The predicted molar refractivity (Wildman–Crippen MR) is 79.8 cm³/mol. The molecule has 2 aliphatic rings. The van der Waals surface area contributed by atoms with E-state index < -0.39 is 0 Å². The molecule has 1 spiro atoms. The van der Waals surface area contributed by atoms with Crippen molar-refractivity contribution >= 4 is 6.03 Å². The van der Waals surface area contributed by atoms with Crippen LogP contribution >= 0.6 is 0 Å². The summed E-state index contributed by atoms with van der Waals surface area (Å²) in [6, 6.07) is 11.2. The van der Waals surface area contributed by atoms with Gasteiger partial charge in [-0.25, -0.2) is 4.79 Å². The van der Waals surface area contributed by atoms with Gasteiger partial charge in [0, 0.05) is 12.6 Å². The fourth-order valence-electron chi connectivity index (χ4n) is 3.75. The topological polar surface area (TPSA) is 44.4 Å². The largest absolute Gasteiger partial charge is 0.336 e. The van der Waals surface area contributed by atoms with Crippen LogP contribution in [0.25, 0.3) is 0 Å². The van der Waals surface area contributed by atoms with E-state index in [1.165, 1.54) is 5.56 Å². The molecule has 2 amide bonds. The highest BCUT2D eigenvalue weighted by molar-refractivity contribution is 5.77. The maximum atomic E-state index is 11.5. The Bertz CT molecular complexity index is 488. The van der Waals surface area contributed by atoms with E-state index in [2.05, 4.69) is 60.0 Å². The maximum absolute atomic E-state index is 11.5. The molecule has 2 N–H and O–H groups in total. The summed E-state index contributed by atoms with van der Waals surface area (Å²) in [6.07, 6.45) is 3.18. The molecule has 1 saturated heterocycles. The van der Waals surface area contributed by atoms with Gasteiger partial charge in [0.25, 0.3) is 0 Å². The van der Waals surface area contributed by atoms with Crippen molar-refractivity contribution in [2.45, 2.75) is 36.8 Å². The first kappa shape index (κ1) is 13.4. The SMILES string of the molecule is CN(C)C1C[C@@]2(CCC1c1ccccc1)CNC(=O)N2. The summed E-state index contributed by atoms with van der Waals surface area (Å²) in [5.74, 6) is 0.550. The van der Waals surface area contributed by atoms with Crippen molar-refractivity contribution in [3.8, 4) is 0 Å². The minimum absolute atomic E-state index is 0.0133. The molecule has 4 heteroatoms. The van der Waals surface area contributed by atoms with Crippen LogP contribution in [0.15, 0.2) is 30.3 Å². The number of carbonyl (C=O) groups excluding carboxylic acids is 1. The fourth-order valence-corrected chi connectivity index (χ4v) is 3.75. The van der Waals surface area contributed by atoms with Gasteiger partial charge < -0.3 is 15.5 Å². The lowest BCUT2D eigenvalue weighted by molar-refractivity contribution is 0.134. The molecule has 0 aromatic heterocycles. The molecule has 2 fully saturated rings. The molecule has 20 heavy (non-hydrogen) atoms.